The molecule has 1 N–H and O–H groups in total. The van der Waals surface area contributed by atoms with Crippen LogP contribution < -0.4 is 10.1 Å². The van der Waals surface area contributed by atoms with Crippen LogP contribution in [-0.4, -0.2) is 75.1 Å². The molecule has 8 nitrogen and oxygen atoms in total. The number of rotatable bonds is 8. The number of carbonyl (C=O) groups is 1. The van der Waals surface area contributed by atoms with Crippen molar-refractivity contribution < 1.29 is 22.7 Å². The van der Waals surface area contributed by atoms with Crippen molar-refractivity contribution in [2.75, 3.05) is 45.2 Å². The lowest BCUT2D eigenvalue weighted by Gasteiger charge is -2.50. The lowest BCUT2D eigenvalue weighted by molar-refractivity contribution is -0.146. The second-order valence-corrected chi connectivity index (χ2v) is 13.1. The summed E-state index contributed by atoms with van der Waals surface area (Å²) >= 11 is 0. The van der Waals surface area contributed by atoms with E-state index in [-0.39, 0.29) is 25.0 Å². The number of nitrogens with one attached hydrogen (secondary N) is 1. The second kappa shape index (κ2) is 11.7. The topological polar surface area (TPSA) is 88.2 Å². The largest absolute Gasteiger partial charge is 0.495 e. The van der Waals surface area contributed by atoms with Gasteiger partial charge in [-0.15, -0.1) is 0 Å². The van der Waals surface area contributed by atoms with Crippen LogP contribution in [0.3, 0.4) is 0 Å². The molecule has 2 heterocycles. The highest BCUT2D eigenvalue weighted by atomic mass is 32.2. The Morgan fingerprint density at radius 1 is 1.13 bits per heavy atom. The Morgan fingerprint density at radius 2 is 1.84 bits per heavy atom. The summed E-state index contributed by atoms with van der Waals surface area (Å²) in [4.78, 5) is 15.4. The number of sulfonamides is 1. The van der Waals surface area contributed by atoms with E-state index in [4.69, 9.17) is 9.47 Å². The quantitative estimate of drug-likeness (QED) is 0.536. The van der Waals surface area contributed by atoms with Crippen LogP contribution in [0.5, 0.6) is 5.75 Å². The summed E-state index contributed by atoms with van der Waals surface area (Å²) < 4.78 is 41.2. The molecule has 0 aromatic heterocycles. The SMILES string of the molecule is COc1ccc(C)cc1NC(=O)CN1CCCC2(C1)CN(S(=O)(=O)c1ccc(C)cc1)[C@@H](CC(C)C)CO2. The third kappa shape index (κ3) is 6.57. The molecule has 2 saturated heterocycles. The molecule has 0 aliphatic carbocycles. The standard InChI is InChI=1S/C29H41N3O5S/c1-21(2)15-24-18-37-29(20-32(24)38(34,35)25-10-7-22(3)8-11-25)13-6-14-31(19-29)17-28(33)30-26-16-23(4)9-12-27(26)36-5/h7-12,16,21,24H,6,13-15,17-20H2,1-5H3,(H,30,33)/t24-,29?/m0/s1. The van der Waals surface area contributed by atoms with Gasteiger partial charge in [0.1, 0.15) is 5.75 Å². The highest BCUT2D eigenvalue weighted by molar-refractivity contribution is 7.89. The first kappa shape index (κ1) is 28.5. The van der Waals surface area contributed by atoms with E-state index in [1.54, 1.807) is 23.5 Å². The predicted molar refractivity (Wildman–Crippen MR) is 149 cm³/mol. The Morgan fingerprint density at radius 3 is 2.53 bits per heavy atom. The number of morpholine rings is 1. The summed E-state index contributed by atoms with van der Waals surface area (Å²) in [5, 5.41) is 2.98. The molecule has 2 aromatic carbocycles. The predicted octanol–water partition coefficient (Wildman–Crippen LogP) is 4.22. The Balaban J connectivity index is 1.50. The van der Waals surface area contributed by atoms with Gasteiger partial charge in [-0.2, -0.15) is 4.31 Å². The molecule has 9 heteroatoms. The Labute approximate surface area is 227 Å². The number of hydrogen-bond donors (Lipinski definition) is 1. The van der Waals surface area contributed by atoms with E-state index in [2.05, 4.69) is 24.1 Å². The zero-order chi connectivity index (χ0) is 27.5. The zero-order valence-electron chi connectivity index (χ0n) is 23.2. The molecular weight excluding hydrogens is 502 g/mol. The van der Waals surface area contributed by atoms with Crippen molar-refractivity contribution in [3.63, 3.8) is 0 Å². The fraction of sp³-hybridized carbons (Fsp3) is 0.552. The highest BCUT2D eigenvalue weighted by Crippen LogP contribution is 2.35. The minimum Gasteiger partial charge on any atom is -0.495 e. The third-order valence-electron chi connectivity index (χ3n) is 7.42. The molecule has 2 aliphatic rings. The van der Waals surface area contributed by atoms with Gasteiger partial charge in [-0.05, 0) is 75.4 Å². The molecule has 1 amide bonds. The first-order valence-corrected chi connectivity index (χ1v) is 14.8. The van der Waals surface area contributed by atoms with Crippen molar-refractivity contribution in [1.82, 2.24) is 9.21 Å². The van der Waals surface area contributed by atoms with Gasteiger partial charge in [0.15, 0.2) is 0 Å². The molecule has 208 valence electrons. The van der Waals surface area contributed by atoms with Crippen molar-refractivity contribution in [2.24, 2.45) is 5.92 Å². The molecule has 38 heavy (non-hydrogen) atoms. The van der Waals surface area contributed by atoms with Crippen LogP contribution in [-0.2, 0) is 19.6 Å². The van der Waals surface area contributed by atoms with Crippen LogP contribution in [0.25, 0.3) is 0 Å². The van der Waals surface area contributed by atoms with E-state index in [1.807, 2.05) is 44.2 Å². The summed E-state index contributed by atoms with van der Waals surface area (Å²) in [5.41, 5.74) is 2.04. The molecule has 2 atom stereocenters. The van der Waals surface area contributed by atoms with Gasteiger partial charge in [0.25, 0.3) is 0 Å². The second-order valence-electron chi connectivity index (χ2n) is 11.2. The summed E-state index contributed by atoms with van der Waals surface area (Å²) in [7, 11) is -2.12. The fourth-order valence-corrected chi connectivity index (χ4v) is 7.25. The highest BCUT2D eigenvalue weighted by Gasteiger charge is 2.47. The molecule has 0 radical (unpaired) electrons. The van der Waals surface area contributed by atoms with E-state index < -0.39 is 15.6 Å². The van der Waals surface area contributed by atoms with Crippen molar-refractivity contribution >= 4 is 21.6 Å². The van der Waals surface area contributed by atoms with Crippen molar-refractivity contribution in [2.45, 2.75) is 63.5 Å². The molecule has 0 saturated carbocycles. The molecular formula is C29H41N3O5S. The first-order chi connectivity index (χ1) is 18.0. The monoisotopic (exact) mass is 543 g/mol. The van der Waals surface area contributed by atoms with Gasteiger partial charge >= 0.3 is 0 Å². The number of carbonyl (C=O) groups excluding carboxylic acids is 1. The van der Waals surface area contributed by atoms with Gasteiger partial charge in [-0.3, -0.25) is 9.69 Å². The van der Waals surface area contributed by atoms with Gasteiger partial charge in [0, 0.05) is 19.1 Å². The summed E-state index contributed by atoms with van der Waals surface area (Å²) in [5.74, 6) is 0.810. The van der Waals surface area contributed by atoms with E-state index in [0.29, 0.717) is 35.4 Å². The minimum absolute atomic E-state index is 0.136. The normalized spacial score (nSPS) is 23.1. The minimum atomic E-state index is -3.70. The van der Waals surface area contributed by atoms with Gasteiger partial charge in [-0.1, -0.05) is 37.6 Å². The fourth-order valence-electron chi connectivity index (χ4n) is 5.56. The maximum Gasteiger partial charge on any atom is 0.243 e. The third-order valence-corrected chi connectivity index (χ3v) is 9.33. The van der Waals surface area contributed by atoms with Crippen LogP contribution in [0.1, 0.15) is 44.2 Å². The van der Waals surface area contributed by atoms with Crippen molar-refractivity contribution in [3.05, 3.63) is 53.6 Å². The van der Waals surface area contributed by atoms with E-state index in [9.17, 15) is 13.2 Å². The number of ether oxygens (including phenoxy) is 2. The number of hydrogen-bond acceptors (Lipinski definition) is 6. The van der Waals surface area contributed by atoms with Crippen LogP contribution >= 0.6 is 0 Å². The molecule has 4 rings (SSSR count). The van der Waals surface area contributed by atoms with E-state index in [0.717, 1.165) is 36.9 Å². The summed E-state index contributed by atoms with van der Waals surface area (Å²) in [6, 6.07) is 12.5. The Hall–Kier alpha value is -2.46. The Kier molecular flexibility index (Phi) is 8.82. The average Bonchev–Trinajstić information content (AvgIpc) is 2.85. The number of amides is 1. The molecule has 0 bridgehead atoms. The van der Waals surface area contributed by atoms with E-state index in [1.165, 1.54) is 0 Å². The van der Waals surface area contributed by atoms with Crippen LogP contribution in [0, 0.1) is 19.8 Å². The smallest absolute Gasteiger partial charge is 0.243 e. The number of nitrogens with zero attached hydrogens (tertiary/aromatic N) is 2. The lowest BCUT2D eigenvalue weighted by atomic mass is 9.89. The molecule has 2 fully saturated rings. The number of piperidine rings is 1. The van der Waals surface area contributed by atoms with Crippen molar-refractivity contribution in [1.29, 1.82) is 0 Å². The maximum absolute atomic E-state index is 13.8. The lowest BCUT2D eigenvalue weighted by Crippen LogP contribution is -2.64. The maximum atomic E-state index is 13.8. The van der Waals surface area contributed by atoms with Crippen LogP contribution in [0.15, 0.2) is 47.4 Å². The van der Waals surface area contributed by atoms with Crippen LogP contribution in [0.4, 0.5) is 5.69 Å². The molecule has 2 aromatic rings. The summed E-state index contributed by atoms with van der Waals surface area (Å²) in [6.07, 6.45) is 2.31. The average molecular weight is 544 g/mol. The van der Waals surface area contributed by atoms with Crippen molar-refractivity contribution in [3.8, 4) is 5.75 Å². The van der Waals surface area contributed by atoms with Gasteiger partial charge in [0.05, 0.1) is 36.4 Å². The number of likely N-dealkylation sites (tertiary alicyclic amines) is 1. The molecule has 1 spiro atoms. The van der Waals surface area contributed by atoms with Gasteiger partial charge < -0.3 is 14.8 Å². The van der Waals surface area contributed by atoms with Gasteiger partial charge in [0.2, 0.25) is 15.9 Å². The Bertz CT molecular complexity index is 1230. The number of methoxy groups -OCH3 is 1. The summed E-state index contributed by atoms with van der Waals surface area (Å²) in [6.45, 7) is 10.2. The number of aryl methyl sites for hydroxylation is 2. The van der Waals surface area contributed by atoms with Gasteiger partial charge in [-0.25, -0.2) is 8.42 Å². The molecule has 2 aliphatic heterocycles. The first-order valence-electron chi connectivity index (χ1n) is 13.4. The number of anilines is 1. The number of benzene rings is 2. The van der Waals surface area contributed by atoms with Crippen LogP contribution in [0.2, 0.25) is 0 Å². The van der Waals surface area contributed by atoms with E-state index >= 15 is 0 Å². The zero-order valence-corrected chi connectivity index (χ0v) is 24.0. The molecule has 1 unspecified atom stereocenters.